The SMILES string of the molecule is COC1O[C@@H]2COC(c3ccccc3)O[C@H]2[C@@H](OCc2ccccc2)[C@@H]1OCc1ccccc1. The summed E-state index contributed by atoms with van der Waals surface area (Å²) in [6.07, 6.45) is -2.71. The van der Waals surface area contributed by atoms with Gasteiger partial charge in [-0.3, -0.25) is 0 Å². The molecule has 0 N–H and O–H groups in total. The maximum atomic E-state index is 6.49. The average Bonchev–Trinajstić information content (AvgIpc) is 2.91. The monoisotopic (exact) mass is 462 g/mol. The third-order valence-corrected chi connectivity index (χ3v) is 6.16. The number of benzene rings is 3. The lowest BCUT2D eigenvalue weighted by molar-refractivity contribution is -0.369. The van der Waals surface area contributed by atoms with Crippen molar-refractivity contribution in [3.63, 3.8) is 0 Å². The fourth-order valence-electron chi connectivity index (χ4n) is 4.42. The van der Waals surface area contributed by atoms with Crippen LogP contribution in [0.15, 0.2) is 91.0 Å². The van der Waals surface area contributed by atoms with Crippen LogP contribution in [0.2, 0.25) is 0 Å². The Morgan fingerprint density at radius 2 is 1.26 bits per heavy atom. The van der Waals surface area contributed by atoms with Crippen molar-refractivity contribution in [2.45, 2.75) is 50.2 Å². The molecule has 3 aromatic rings. The van der Waals surface area contributed by atoms with Gasteiger partial charge in [-0.1, -0.05) is 91.0 Å². The summed E-state index contributed by atoms with van der Waals surface area (Å²) in [5, 5.41) is 0. The van der Waals surface area contributed by atoms with Gasteiger partial charge in [0.1, 0.15) is 24.4 Å². The molecule has 2 aliphatic heterocycles. The highest BCUT2D eigenvalue weighted by Gasteiger charge is 2.51. The molecule has 0 radical (unpaired) electrons. The quantitative estimate of drug-likeness (QED) is 0.486. The van der Waals surface area contributed by atoms with E-state index in [4.69, 9.17) is 28.4 Å². The number of hydrogen-bond donors (Lipinski definition) is 0. The first-order valence-corrected chi connectivity index (χ1v) is 11.6. The Morgan fingerprint density at radius 1 is 0.706 bits per heavy atom. The predicted octanol–water partition coefficient (Wildman–Crippen LogP) is 4.64. The van der Waals surface area contributed by atoms with Crippen molar-refractivity contribution >= 4 is 0 Å². The Morgan fingerprint density at radius 3 is 1.85 bits per heavy atom. The third kappa shape index (κ3) is 5.39. The van der Waals surface area contributed by atoms with E-state index in [1.54, 1.807) is 7.11 Å². The first-order valence-electron chi connectivity index (χ1n) is 11.6. The molecular weight excluding hydrogens is 432 g/mol. The van der Waals surface area contributed by atoms with Crippen LogP contribution >= 0.6 is 0 Å². The highest BCUT2D eigenvalue weighted by molar-refractivity contribution is 5.17. The lowest BCUT2D eigenvalue weighted by Crippen LogP contribution is -2.63. The van der Waals surface area contributed by atoms with Gasteiger partial charge in [0.05, 0.1) is 19.8 Å². The number of ether oxygens (including phenoxy) is 6. The lowest BCUT2D eigenvalue weighted by Gasteiger charge is -2.48. The summed E-state index contributed by atoms with van der Waals surface area (Å²) in [4.78, 5) is 0. The highest BCUT2D eigenvalue weighted by atomic mass is 16.8. The minimum absolute atomic E-state index is 0.331. The van der Waals surface area contributed by atoms with E-state index in [2.05, 4.69) is 0 Å². The second kappa shape index (κ2) is 11.2. The van der Waals surface area contributed by atoms with Crippen molar-refractivity contribution in [1.82, 2.24) is 0 Å². The molecule has 0 saturated carbocycles. The molecule has 0 spiro atoms. The topological polar surface area (TPSA) is 55.4 Å². The van der Waals surface area contributed by atoms with Crippen LogP contribution in [0.5, 0.6) is 0 Å². The van der Waals surface area contributed by atoms with E-state index in [1.807, 2.05) is 91.0 Å². The summed E-state index contributed by atoms with van der Waals surface area (Å²) in [6, 6.07) is 30.0. The number of rotatable bonds is 8. The van der Waals surface area contributed by atoms with Crippen molar-refractivity contribution in [1.29, 1.82) is 0 Å². The molecule has 2 aliphatic rings. The van der Waals surface area contributed by atoms with Crippen LogP contribution in [-0.2, 0) is 41.6 Å². The molecule has 6 heteroatoms. The highest BCUT2D eigenvalue weighted by Crippen LogP contribution is 2.37. The van der Waals surface area contributed by atoms with Crippen LogP contribution in [0.1, 0.15) is 23.0 Å². The maximum absolute atomic E-state index is 6.49. The molecule has 2 heterocycles. The van der Waals surface area contributed by atoms with Gasteiger partial charge >= 0.3 is 0 Å². The van der Waals surface area contributed by atoms with Gasteiger partial charge in [-0.15, -0.1) is 0 Å². The Hall–Kier alpha value is -2.58. The Kier molecular flexibility index (Phi) is 7.65. The van der Waals surface area contributed by atoms with Crippen LogP contribution in [0.4, 0.5) is 0 Å². The van der Waals surface area contributed by atoms with Gasteiger partial charge < -0.3 is 28.4 Å². The summed E-state index contributed by atoms with van der Waals surface area (Å²) in [5.74, 6) is 0. The summed E-state index contributed by atoms with van der Waals surface area (Å²) in [6.45, 7) is 1.22. The number of hydrogen-bond acceptors (Lipinski definition) is 6. The number of methoxy groups -OCH3 is 1. The minimum Gasteiger partial charge on any atom is -0.368 e. The lowest BCUT2D eigenvalue weighted by atomic mass is 9.97. The Balaban J connectivity index is 1.39. The van der Waals surface area contributed by atoms with E-state index in [-0.39, 0.29) is 12.2 Å². The first kappa shape index (κ1) is 23.2. The van der Waals surface area contributed by atoms with Gasteiger partial charge in [0.15, 0.2) is 12.6 Å². The molecule has 6 atom stereocenters. The molecule has 0 bridgehead atoms. The molecular formula is C28H30O6. The zero-order chi connectivity index (χ0) is 23.2. The molecule has 0 aliphatic carbocycles. The van der Waals surface area contributed by atoms with E-state index < -0.39 is 24.8 Å². The number of fused-ring (bicyclic) bond motifs is 1. The summed E-state index contributed by atoms with van der Waals surface area (Å²) >= 11 is 0. The molecule has 2 saturated heterocycles. The molecule has 0 aromatic heterocycles. The van der Waals surface area contributed by atoms with Crippen molar-refractivity contribution in [3.05, 3.63) is 108 Å². The largest absolute Gasteiger partial charge is 0.368 e. The molecule has 178 valence electrons. The zero-order valence-corrected chi connectivity index (χ0v) is 19.2. The smallest absolute Gasteiger partial charge is 0.186 e. The van der Waals surface area contributed by atoms with Crippen LogP contribution < -0.4 is 0 Å². The zero-order valence-electron chi connectivity index (χ0n) is 19.2. The van der Waals surface area contributed by atoms with E-state index in [9.17, 15) is 0 Å². The summed E-state index contributed by atoms with van der Waals surface area (Å²) in [7, 11) is 1.62. The van der Waals surface area contributed by atoms with Gasteiger partial charge in [-0.2, -0.15) is 0 Å². The van der Waals surface area contributed by atoms with Gasteiger partial charge in [0.2, 0.25) is 0 Å². The standard InChI is InChI=1S/C28H30O6/c1-29-28-26(31-18-21-13-7-3-8-14-21)25(30-17-20-11-5-2-6-12-20)24-23(33-28)19-32-27(34-24)22-15-9-4-10-16-22/h2-16,23-28H,17-19H2,1H3/t23-,24-,25-,26+,27?,28?/m1/s1. The van der Waals surface area contributed by atoms with Gasteiger partial charge in [0.25, 0.3) is 0 Å². The molecule has 34 heavy (non-hydrogen) atoms. The van der Waals surface area contributed by atoms with E-state index in [1.165, 1.54) is 0 Å². The van der Waals surface area contributed by atoms with E-state index in [0.717, 1.165) is 16.7 Å². The molecule has 0 amide bonds. The van der Waals surface area contributed by atoms with Crippen molar-refractivity contribution in [3.8, 4) is 0 Å². The average molecular weight is 463 g/mol. The van der Waals surface area contributed by atoms with Crippen molar-refractivity contribution in [2.75, 3.05) is 13.7 Å². The summed E-state index contributed by atoms with van der Waals surface area (Å²) < 4.78 is 37.2. The molecule has 3 aromatic carbocycles. The first-order chi connectivity index (χ1) is 16.8. The van der Waals surface area contributed by atoms with Crippen LogP contribution in [-0.4, -0.2) is 44.4 Å². The fourth-order valence-corrected chi connectivity index (χ4v) is 4.42. The van der Waals surface area contributed by atoms with E-state index in [0.29, 0.717) is 19.8 Å². The van der Waals surface area contributed by atoms with Crippen LogP contribution in [0.25, 0.3) is 0 Å². The summed E-state index contributed by atoms with van der Waals surface area (Å²) in [5.41, 5.74) is 3.10. The molecule has 2 fully saturated rings. The Labute approximate surface area is 200 Å². The maximum Gasteiger partial charge on any atom is 0.186 e. The minimum atomic E-state index is -0.605. The third-order valence-electron chi connectivity index (χ3n) is 6.16. The van der Waals surface area contributed by atoms with Gasteiger partial charge in [-0.25, -0.2) is 0 Å². The van der Waals surface area contributed by atoms with Crippen LogP contribution in [0.3, 0.4) is 0 Å². The Bertz CT molecular complexity index is 993. The second-order valence-electron chi connectivity index (χ2n) is 8.48. The van der Waals surface area contributed by atoms with Crippen LogP contribution in [0, 0.1) is 0 Å². The fraction of sp³-hybridized carbons (Fsp3) is 0.357. The second-order valence-corrected chi connectivity index (χ2v) is 8.48. The van der Waals surface area contributed by atoms with Crippen molar-refractivity contribution < 1.29 is 28.4 Å². The van der Waals surface area contributed by atoms with Gasteiger partial charge in [-0.05, 0) is 11.1 Å². The predicted molar refractivity (Wildman–Crippen MR) is 126 cm³/mol. The molecule has 6 nitrogen and oxygen atoms in total. The molecule has 2 unspecified atom stereocenters. The normalized spacial score (nSPS) is 28.9. The van der Waals surface area contributed by atoms with Crippen molar-refractivity contribution in [2.24, 2.45) is 0 Å². The van der Waals surface area contributed by atoms with Gasteiger partial charge in [0, 0.05) is 12.7 Å². The van der Waals surface area contributed by atoms with E-state index >= 15 is 0 Å². The molecule has 5 rings (SSSR count).